The van der Waals surface area contributed by atoms with Crippen LogP contribution in [0.2, 0.25) is 10.0 Å². The SMILES string of the molecule is CC(N)c1cc2c(Cl)c(Br)cc(Cl)c2o1. The van der Waals surface area contributed by atoms with Gasteiger partial charge in [-0.2, -0.15) is 0 Å². The zero-order valence-corrected chi connectivity index (χ0v) is 10.9. The quantitative estimate of drug-likeness (QED) is 0.787. The van der Waals surface area contributed by atoms with Crippen LogP contribution in [0, 0.1) is 0 Å². The van der Waals surface area contributed by atoms with Crippen molar-refractivity contribution in [2.24, 2.45) is 5.73 Å². The van der Waals surface area contributed by atoms with Gasteiger partial charge < -0.3 is 10.2 Å². The molecule has 0 aliphatic rings. The molecule has 2 nitrogen and oxygen atoms in total. The highest BCUT2D eigenvalue weighted by atomic mass is 79.9. The van der Waals surface area contributed by atoms with Crippen LogP contribution in [0.25, 0.3) is 11.0 Å². The lowest BCUT2D eigenvalue weighted by Crippen LogP contribution is -2.02. The number of hydrogen-bond acceptors (Lipinski definition) is 2. The average molecular weight is 309 g/mol. The summed E-state index contributed by atoms with van der Waals surface area (Å²) in [5.74, 6) is 0.673. The van der Waals surface area contributed by atoms with Gasteiger partial charge >= 0.3 is 0 Å². The van der Waals surface area contributed by atoms with E-state index in [2.05, 4.69) is 15.9 Å². The van der Waals surface area contributed by atoms with Crippen LogP contribution >= 0.6 is 39.1 Å². The lowest BCUT2D eigenvalue weighted by Gasteiger charge is -1.98. The first-order chi connectivity index (χ1) is 7.00. The second-order valence-corrected chi connectivity index (χ2v) is 4.97. The van der Waals surface area contributed by atoms with Gasteiger partial charge in [0.05, 0.1) is 16.1 Å². The largest absolute Gasteiger partial charge is 0.458 e. The van der Waals surface area contributed by atoms with Gasteiger partial charge in [0.15, 0.2) is 5.58 Å². The molecule has 1 unspecified atom stereocenters. The fraction of sp³-hybridized carbons (Fsp3) is 0.200. The molecule has 1 atom stereocenters. The van der Waals surface area contributed by atoms with Crippen molar-refractivity contribution in [2.45, 2.75) is 13.0 Å². The summed E-state index contributed by atoms with van der Waals surface area (Å²) in [5.41, 5.74) is 6.30. The van der Waals surface area contributed by atoms with E-state index >= 15 is 0 Å². The third-order valence-electron chi connectivity index (χ3n) is 2.12. The third-order valence-corrected chi connectivity index (χ3v) is 3.66. The summed E-state index contributed by atoms with van der Waals surface area (Å²) in [5, 5.41) is 1.89. The number of halogens is 3. The first-order valence-electron chi connectivity index (χ1n) is 4.33. The second-order valence-electron chi connectivity index (χ2n) is 3.33. The molecule has 0 fully saturated rings. The number of furan rings is 1. The van der Waals surface area contributed by atoms with E-state index < -0.39 is 0 Å². The Labute approximate surface area is 105 Å². The Kier molecular flexibility index (Phi) is 2.99. The topological polar surface area (TPSA) is 39.2 Å². The minimum Gasteiger partial charge on any atom is -0.458 e. The molecule has 0 saturated carbocycles. The summed E-state index contributed by atoms with van der Waals surface area (Å²) < 4.78 is 6.28. The van der Waals surface area contributed by atoms with Crippen LogP contribution in [0.4, 0.5) is 0 Å². The maximum Gasteiger partial charge on any atom is 0.154 e. The van der Waals surface area contributed by atoms with Gasteiger partial charge in [-0.15, -0.1) is 0 Å². The predicted octanol–water partition coefficient (Wildman–Crippen LogP) is 4.52. The minimum absolute atomic E-state index is 0.177. The molecule has 15 heavy (non-hydrogen) atoms. The number of rotatable bonds is 1. The van der Waals surface area contributed by atoms with E-state index in [1.807, 2.05) is 13.0 Å². The summed E-state index contributed by atoms with van der Waals surface area (Å²) in [6.45, 7) is 1.84. The first kappa shape index (κ1) is 11.3. The van der Waals surface area contributed by atoms with Crippen molar-refractivity contribution in [2.75, 3.05) is 0 Å². The minimum atomic E-state index is -0.177. The standard InChI is InChI=1S/C10H8BrCl2NO/c1-4(14)8-2-5-9(13)6(11)3-7(12)10(5)15-8/h2-4H,14H2,1H3. The molecule has 1 aromatic heterocycles. The van der Waals surface area contributed by atoms with Gasteiger partial charge in [0.2, 0.25) is 0 Å². The molecule has 0 bridgehead atoms. The van der Waals surface area contributed by atoms with E-state index in [9.17, 15) is 0 Å². The molecule has 2 N–H and O–H groups in total. The van der Waals surface area contributed by atoms with E-state index in [0.717, 1.165) is 9.86 Å². The smallest absolute Gasteiger partial charge is 0.154 e. The van der Waals surface area contributed by atoms with Crippen molar-refractivity contribution in [1.29, 1.82) is 0 Å². The molecule has 1 heterocycles. The number of benzene rings is 1. The van der Waals surface area contributed by atoms with Gasteiger partial charge in [-0.05, 0) is 35.0 Å². The lowest BCUT2D eigenvalue weighted by molar-refractivity contribution is 0.513. The molecular weight excluding hydrogens is 301 g/mol. The van der Waals surface area contributed by atoms with E-state index in [1.54, 1.807) is 6.07 Å². The van der Waals surface area contributed by atoms with Crippen molar-refractivity contribution >= 4 is 50.1 Å². The van der Waals surface area contributed by atoms with E-state index in [4.69, 9.17) is 33.4 Å². The zero-order valence-electron chi connectivity index (χ0n) is 7.85. The lowest BCUT2D eigenvalue weighted by atomic mass is 10.2. The maximum absolute atomic E-state index is 6.11. The average Bonchev–Trinajstić information content (AvgIpc) is 2.59. The van der Waals surface area contributed by atoms with Gasteiger partial charge in [0.1, 0.15) is 5.76 Å². The molecule has 0 saturated heterocycles. The highest BCUT2D eigenvalue weighted by Gasteiger charge is 2.15. The van der Waals surface area contributed by atoms with E-state index in [1.165, 1.54) is 0 Å². The third kappa shape index (κ3) is 1.89. The molecule has 0 aliphatic carbocycles. The molecule has 0 spiro atoms. The van der Waals surface area contributed by atoms with E-state index in [0.29, 0.717) is 21.4 Å². The molecule has 2 aromatic rings. The molecule has 2 rings (SSSR count). The van der Waals surface area contributed by atoms with Gasteiger partial charge in [-0.1, -0.05) is 23.2 Å². The van der Waals surface area contributed by atoms with Gasteiger partial charge in [0, 0.05) is 9.86 Å². The van der Waals surface area contributed by atoms with Gasteiger partial charge in [0.25, 0.3) is 0 Å². The molecule has 0 radical (unpaired) electrons. The van der Waals surface area contributed by atoms with Crippen LogP contribution in [-0.4, -0.2) is 0 Å². The fourth-order valence-corrected chi connectivity index (χ4v) is 2.36. The van der Waals surface area contributed by atoms with Crippen LogP contribution in [-0.2, 0) is 0 Å². The highest BCUT2D eigenvalue weighted by Crippen LogP contribution is 2.38. The Morgan fingerprint density at radius 2 is 2.07 bits per heavy atom. The highest BCUT2D eigenvalue weighted by molar-refractivity contribution is 9.10. The Balaban J connectivity index is 2.80. The van der Waals surface area contributed by atoms with Gasteiger partial charge in [-0.25, -0.2) is 0 Å². The molecule has 0 amide bonds. The van der Waals surface area contributed by atoms with Crippen LogP contribution in [0.1, 0.15) is 18.7 Å². The summed E-state index contributed by atoms with van der Waals surface area (Å²) in [6, 6.07) is 3.35. The van der Waals surface area contributed by atoms with Crippen molar-refractivity contribution in [3.63, 3.8) is 0 Å². The van der Waals surface area contributed by atoms with Crippen molar-refractivity contribution in [3.8, 4) is 0 Å². The zero-order chi connectivity index (χ0) is 11.2. The van der Waals surface area contributed by atoms with Crippen molar-refractivity contribution in [1.82, 2.24) is 0 Å². The van der Waals surface area contributed by atoms with Crippen molar-refractivity contribution < 1.29 is 4.42 Å². The molecular formula is C10H8BrCl2NO. The molecule has 80 valence electrons. The van der Waals surface area contributed by atoms with Crippen LogP contribution in [0.15, 0.2) is 21.0 Å². The second kappa shape index (κ2) is 3.98. The van der Waals surface area contributed by atoms with Gasteiger partial charge in [-0.3, -0.25) is 0 Å². The summed E-state index contributed by atoms with van der Waals surface area (Å²) in [4.78, 5) is 0. The van der Waals surface area contributed by atoms with Crippen LogP contribution < -0.4 is 5.73 Å². The first-order valence-corrected chi connectivity index (χ1v) is 5.88. The Morgan fingerprint density at radius 1 is 1.40 bits per heavy atom. The van der Waals surface area contributed by atoms with Crippen molar-refractivity contribution in [3.05, 3.63) is 32.4 Å². The monoisotopic (exact) mass is 307 g/mol. The normalized spacial score (nSPS) is 13.4. The number of nitrogens with two attached hydrogens (primary N) is 1. The maximum atomic E-state index is 6.11. The molecule has 5 heteroatoms. The Bertz CT molecular complexity index is 522. The number of hydrogen-bond donors (Lipinski definition) is 1. The summed E-state index contributed by atoms with van der Waals surface area (Å²) in [7, 11) is 0. The summed E-state index contributed by atoms with van der Waals surface area (Å²) >= 11 is 15.5. The molecule has 0 aliphatic heterocycles. The predicted molar refractivity (Wildman–Crippen MR) is 66.5 cm³/mol. The van der Waals surface area contributed by atoms with Crippen LogP contribution in [0.5, 0.6) is 0 Å². The van der Waals surface area contributed by atoms with Crippen LogP contribution in [0.3, 0.4) is 0 Å². The Morgan fingerprint density at radius 3 is 2.67 bits per heavy atom. The molecule has 1 aromatic carbocycles. The number of fused-ring (bicyclic) bond motifs is 1. The fourth-order valence-electron chi connectivity index (χ4n) is 1.34. The Hall–Kier alpha value is -0.220. The van der Waals surface area contributed by atoms with E-state index in [-0.39, 0.29) is 6.04 Å². The summed E-state index contributed by atoms with van der Waals surface area (Å²) in [6.07, 6.45) is 0.